The summed E-state index contributed by atoms with van der Waals surface area (Å²) in [4.78, 5) is 22.6. The van der Waals surface area contributed by atoms with Crippen LogP contribution in [0.4, 0.5) is 5.69 Å². The zero-order valence-corrected chi connectivity index (χ0v) is 11.4. The Bertz CT molecular complexity index is 693. The molecule has 5 heteroatoms. The Balaban J connectivity index is 2.34. The van der Waals surface area contributed by atoms with Crippen LogP contribution in [0.2, 0.25) is 0 Å². The number of carbonyl (C=O) groups is 1. The van der Waals surface area contributed by atoms with Gasteiger partial charge in [0.05, 0.1) is 12.0 Å². The van der Waals surface area contributed by atoms with Crippen molar-refractivity contribution in [2.24, 2.45) is 0 Å². The molecule has 0 heterocycles. The number of allylic oxidation sites excluding steroid dienone is 1. The summed E-state index contributed by atoms with van der Waals surface area (Å²) in [6.07, 6.45) is 2.93. The van der Waals surface area contributed by atoms with Crippen LogP contribution in [0.25, 0.3) is 6.08 Å². The number of rotatable bonds is 5. The molecule has 0 saturated carbocycles. The molecule has 2 aromatic rings. The number of hydrogen-bond donors (Lipinski definition) is 0. The van der Waals surface area contributed by atoms with E-state index >= 15 is 0 Å². The maximum absolute atomic E-state index is 12.2. The highest BCUT2D eigenvalue weighted by Crippen LogP contribution is 2.24. The third-order valence-corrected chi connectivity index (χ3v) is 2.89. The van der Waals surface area contributed by atoms with Crippen molar-refractivity contribution in [2.45, 2.75) is 0 Å². The molecule has 0 fully saturated rings. The zero-order valence-electron chi connectivity index (χ0n) is 11.4. The minimum absolute atomic E-state index is 0.00605. The molecule has 21 heavy (non-hydrogen) atoms. The van der Waals surface area contributed by atoms with Crippen molar-refractivity contribution >= 4 is 17.5 Å². The molecule has 0 aromatic heterocycles. The number of methoxy groups -OCH3 is 1. The standard InChI is InChI=1S/C16H13NO4/c1-21-13-8-9-15(17(19)20)14(11-13)16(18)10-7-12-5-3-2-4-6-12/h2-11H,1H3/b10-7+. The normalized spacial score (nSPS) is 10.5. The van der Waals surface area contributed by atoms with E-state index in [1.54, 1.807) is 6.08 Å². The predicted molar refractivity (Wildman–Crippen MR) is 79.5 cm³/mol. The van der Waals surface area contributed by atoms with Crippen LogP contribution in [-0.4, -0.2) is 17.8 Å². The van der Waals surface area contributed by atoms with Crippen molar-refractivity contribution in [2.75, 3.05) is 7.11 Å². The van der Waals surface area contributed by atoms with E-state index in [2.05, 4.69) is 0 Å². The van der Waals surface area contributed by atoms with Gasteiger partial charge < -0.3 is 4.74 Å². The molecule has 0 aliphatic heterocycles. The van der Waals surface area contributed by atoms with Crippen LogP contribution in [0.5, 0.6) is 5.75 Å². The number of nitro groups is 1. The molecule has 0 saturated heterocycles. The molecule has 0 N–H and O–H groups in total. The van der Waals surface area contributed by atoms with Gasteiger partial charge in [-0.25, -0.2) is 0 Å². The fourth-order valence-corrected chi connectivity index (χ4v) is 1.82. The number of nitro benzene ring substituents is 1. The smallest absolute Gasteiger partial charge is 0.280 e. The SMILES string of the molecule is COc1ccc([N+](=O)[O-])c(C(=O)/C=C/c2ccccc2)c1. The van der Waals surface area contributed by atoms with Crippen LogP contribution in [0.3, 0.4) is 0 Å². The van der Waals surface area contributed by atoms with Gasteiger partial charge in [0.1, 0.15) is 11.3 Å². The largest absolute Gasteiger partial charge is 0.497 e. The Morgan fingerprint density at radius 2 is 1.90 bits per heavy atom. The third-order valence-electron chi connectivity index (χ3n) is 2.89. The first-order chi connectivity index (χ1) is 10.1. The van der Waals surface area contributed by atoms with Crippen molar-refractivity contribution < 1.29 is 14.5 Å². The molecule has 0 radical (unpaired) electrons. The molecule has 106 valence electrons. The van der Waals surface area contributed by atoms with Gasteiger partial charge in [0.15, 0.2) is 5.78 Å². The minimum atomic E-state index is -0.580. The van der Waals surface area contributed by atoms with E-state index in [1.807, 2.05) is 30.3 Å². The first-order valence-electron chi connectivity index (χ1n) is 6.21. The number of hydrogen-bond acceptors (Lipinski definition) is 4. The number of benzene rings is 2. The van der Waals surface area contributed by atoms with Crippen LogP contribution >= 0.6 is 0 Å². The summed E-state index contributed by atoms with van der Waals surface area (Å²) in [5.41, 5.74) is 0.612. The second-order valence-electron chi connectivity index (χ2n) is 4.25. The lowest BCUT2D eigenvalue weighted by molar-refractivity contribution is -0.385. The highest BCUT2D eigenvalue weighted by Gasteiger charge is 2.19. The van der Waals surface area contributed by atoms with Gasteiger partial charge in [-0.15, -0.1) is 0 Å². The second kappa shape index (κ2) is 6.47. The quantitative estimate of drug-likeness (QED) is 0.364. The van der Waals surface area contributed by atoms with Gasteiger partial charge in [-0.1, -0.05) is 36.4 Å². The first-order valence-corrected chi connectivity index (χ1v) is 6.21. The maximum atomic E-state index is 12.2. The predicted octanol–water partition coefficient (Wildman–Crippen LogP) is 3.50. The summed E-state index contributed by atoms with van der Waals surface area (Å²) in [5, 5.41) is 11.0. The average molecular weight is 283 g/mol. The number of ether oxygens (including phenoxy) is 1. The number of ketones is 1. The Morgan fingerprint density at radius 3 is 2.52 bits per heavy atom. The molecular formula is C16H13NO4. The lowest BCUT2D eigenvalue weighted by Crippen LogP contribution is -2.02. The monoisotopic (exact) mass is 283 g/mol. The lowest BCUT2D eigenvalue weighted by atomic mass is 10.1. The van der Waals surface area contributed by atoms with Gasteiger partial charge in [0, 0.05) is 6.07 Å². The van der Waals surface area contributed by atoms with Crippen molar-refractivity contribution in [3.8, 4) is 5.75 Å². The van der Waals surface area contributed by atoms with Gasteiger partial charge in [-0.3, -0.25) is 14.9 Å². The summed E-state index contributed by atoms with van der Waals surface area (Å²) in [6, 6.07) is 13.3. The van der Waals surface area contributed by atoms with Crippen LogP contribution in [0.15, 0.2) is 54.6 Å². The number of nitrogens with zero attached hydrogens (tertiary/aromatic N) is 1. The van der Waals surface area contributed by atoms with Crippen molar-refractivity contribution in [3.05, 3.63) is 75.8 Å². The van der Waals surface area contributed by atoms with Gasteiger partial charge >= 0.3 is 0 Å². The van der Waals surface area contributed by atoms with Gasteiger partial charge in [-0.05, 0) is 23.8 Å². The molecule has 5 nitrogen and oxygen atoms in total. The molecule has 0 spiro atoms. The number of carbonyl (C=O) groups excluding carboxylic acids is 1. The van der Waals surface area contributed by atoms with E-state index in [-0.39, 0.29) is 11.3 Å². The van der Waals surface area contributed by atoms with Gasteiger partial charge in [0.25, 0.3) is 5.69 Å². The van der Waals surface area contributed by atoms with Crippen molar-refractivity contribution in [1.29, 1.82) is 0 Å². The van der Waals surface area contributed by atoms with E-state index in [9.17, 15) is 14.9 Å². The Hall–Kier alpha value is -2.95. The fourth-order valence-electron chi connectivity index (χ4n) is 1.82. The van der Waals surface area contributed by atoms with Crippen molar-refractivity contribution in [1.82, 2.24) is 0 Å². The van der Waals surface area contributed by atoms with E-state index in [4.69, 9.17) is 4.74 Å². The Morgan fingerprint density at radius 1 is 1.19 bits per heavy atom. The van der Waals surface area contributed by atoms with Crippen molar-refractivity contribution in [3.63, 3.8) is 0 Å². The van der Waals surface area contributed by atoms with E-state index in [0.29, 0.717) is 5.75 Å². The van der Waals surface area contributed by atoms with Crippen LogP contribution in [0, 0.1) is 10.1 Å². The molecule has 0 unspecified atom stereocenters. The molecule has 0 amide bonds. The summed E-state index contributed by atoms with van der Waals surface area (Å²) in [5.74, 6) is -0.0403. The van der Waals surface area contributed by atoms with Gasteiger partial charge in [0.2, 0.25) is 0 Å². The maximum Gasteiger partial charge on any atom is 0.280 e. The molecule has 2 aromatic carbocycles. The molecule has 0 atom stereocenters. The Kier molecular flexibility index (Phi) is 4.46. The topological polar surface area (TPSA) is 69.4 Å². The lowest BCUT2D eigenvalue weighted by Gasteiger charge is -2.03. The summed E-state index contributed by atoms with van der Waals surface area (Å²) in [6.45, 7) is 0. The van der Waals surface area contributed by atoms with Crippen LogP contribution in [0.1, 0.15) is 15.9 Å². The average Bonchev–Trinajstić information content (AvgIpc) is 2.52. The van der Waals surface area contributed by atoms with Gasteiger partial charge in [-0.2, -0.15) is 0 Å². The molecular weight excluding hydrogens is 270 g/mol. The fraction of sp³-hybridized carbons (Fsp3) is 0.0625. The van der Waals surface area contributed by atoms with E-state index < -0.39 is 10.7 Å². The summed E-state index contributed by atoms with van der Waals surface area (Å²) in [7, 11) is 1.44. The summed E-state index contributed by atoms with van der Waals surface area (Å²) < 4.78 is 5.00. The molecule has 0 aliphatic carbocycles. The highest BCUT2D eigenvalue weighted by atomic mass is 16.6. The zero-order chi connectivity index (χ0) is 15.2. The first kappa shape index (κ1) is 14.5. The molecule has 0 bridgehead atoms. The molecule has 2 rings (SSSR count). The van der Waals surface area contributed by atoms with E-state index in [0.717, 1.165) is 5.56 Å². The summed E-state index contributed by atoms with van der Waals surface area (Å²) >= 11 is 0. The minimum Gasteiger partial charge on any atom is -0.497 e. The second-order valence-corrected chi connectivity index (χ2v) is 4.25. The Labute approximate surface area is 121 Å². The highest BCUT2D eigenvalue weighted by molar-refractivity contribution is 6.09. The van der Waals surface area contributed by atoms with Crippen LogP contribution in [-0.2, 0) is 0 Å². The van der Waals surface area contributed by atoms with Crippen LogP contribution < -0.4 is 4.74 Å². The molecule has 0 aliphatic rings. The van der Waals surface area contributed by atoms with E-state index in [1.165, 1.54) is 31.4 Å². The third kappa shape index (κ3) is 3.54.